The number of nitrogens with zero attached hydrogens (tertiary/aromatic N) is 3. The van der Waals surface area contributed by atoms with E-state index in [0.29, 0.717) is 11.4 Å². The van der Waals surface area contributed by atoms with Crippen LogP contribution in [0.25, 0.3) is 0 Å². The summed E-state index contributed by atoms with van der Waals surface area (Å²) in [6.45, 7) is 3.62. The standard InChI is InChI=1S/C11H15N5O4S/c1-7-10(8(2)15-14-7)21(19,20)13-3-4-16-5-9(11(17)18)12-6-16/h5-6,13H,3-4H2,1-2H3,(H,14,15)(H,17,18). The van der Waals surface area contributed by atoms with Gasteiger partial charge in [-0.3, -0.25) is 5.10 Å². The molecule has 21 heavy (non-hydrogen) atoms. The summed E-state index contributed by atoms with van der Waals surface area (Å²) in [7, 11) is -3.65. The number of aromatic nitrogens is 4. The zero-order valence-corrected chi connectivity index (χ0v) is 12.3. The Hall–Kier alpha value is -2.20. The van der Waals surface area contributed by atoms with Crippen LogP contribution in [0.2, 0.25) is 0 Å². The van der Waals surface area contributed by atoms with Crippen molar-refractivity contribution >= 4 is 16.0 Å². The average Bonchev–Trinajstić information content (AvgIpc) is 2.96. The molecule has 0 spiro atoms. The lowest BCUT2D eigenvalue weighted by Crippen LogP contribution is -2.28. The highest BCUT2D eigenvalue weighted by Gasteiger charge is 2.21. The van der Waals surface area contributed by atoms with Gasteiger partial charge in [0.2, 0.25) is 10.0 Å². The number of carboxylic acid groups (broad SMARTS) is 1. The van der Waals surface area contributed by atoms with Crippen LogP contribution in [0, 0.1) is 13.8 Å². The molecular formula is C11H15N5O4S. The summed E-state index contributed by atoms with van der Waals surface area (Å²) in [5.41, 5.74) is 0.783. The fourth-order valence-electron chi connectivity index (χ4n) is 1.91. The van der Waals surface area contributed by atoms with Crippen LogP contribution in [0.3, 0.4) is 0 Å². The number of carboxylic acids is 1. The number of sulfonamides is 1. The molecule has 0 saturated heterocycles. The lowest BCUT2D eigenvalue weighted by Gasteiger charge is -2.07. The van der Waals surface area contributed by atoms with E-state index >= 15 is 0 Å². The van der Waals surface area contributed by atoms with Crippen LogP contribution in [0.4, 0.5) is 0 Å². The molecule has 2 aromatic heterocycles. The number of rotatable bonds is 6. The molecule has 0 aliphatic rings. The zero-order valence-electron chi connectivity index (χ0n) is 11.5. The van der Waals surface area contributed by atoms with E-state index in [0.717, 1.165) is 0 Å². The first-order valence-electron chi connectivity index (χ1n) is 6.07. The Labute approximate surface area is 121 Å². The Morgan fingerprint density at radius 3 is 2.71 bits per heavy atom. The second kappa shape index (κ2) is 5.66. The lowest BCUT2D eigenvalue weighted by molar-refractivity contribution is 0.0691. The van der Waals surface area contributed by atoms with Gasteiger partial charge in [0, 0.05) is 19.3 Å². The van der Waals surface area contributed by atoms with E-state index < -0.39 is 16.0 Å². The molecular weight excluding hydrogens is 298 g/mol. The van der Waals surface area contributed by atoms with Gasteiger partial charge in [0.25, 0.3) is 0 Å². The minimum Gasteiger partial charge on any atom is -0.476 e. The van der Waals surface area contributed by atoms with E-state index in [1.54, 1.807) is 13.8 Å². The third-order valence-corrected chi connectivity index (χ3v) is 4.57. The molecule has 2 rings (SSSR count). The number of carbonyl (C=O) groups is 1. The number of hydrogen-bond donors (Lipinski definition) is 3. The Morgan fingerprint density at radius 2 is 2.19 bits per heavy atom. The number of nitrogens with one attached hydrogen (secondary N) is 2. The molecule has 2 aromatic rings. The van der Waals surface area contributed by atoms with Crippen LogP contribution in [-0.4, -0.2) is 45.8 Å². The smallest absolute Gasteiger partial charge is 0.356 e. The van der Waals surface area contributed by atoms with Crippen molar-refractivity contribution in [3.63, 3.8) is 0 Å². The minimum atomic E-state index is -3.65. The van der Waals surface area contributed by atoms with E-state index in [1.165, 1.54) is 17.1 Å². The molecule has 0 fully saturated rings. The fourth-order valence-corrected chi connectivity index (χ4v) is 3.30. The molecule has 0 radical (unpaired) electrons. The summed E-state index contributed by atoms with van der Waals surface area (Å²) in [5.74, 6) is -1.13. The van der Waals surface area contributed by atoms with Gasteiger partial charge >= 0.3 is 5.97 Å². The number of imidazole rings is 1. The fraction of sp³-hybridized carbons (Fsp3) is 0.364. The van der Waals surface area contributed by atoms with Gasteiger partial charge in [0.15, 0.2) is 5.69 Å². The molecule has 0 saturated carbocycles. The van der Waals surface area contributed by atoms with Gasteiger partial charge < -0.3 is 9.67 Å². The van der Waals surface area contributed by atoms with Gasteiger partial charge in [-0.05, 0) is 13.8 Å². The lowest BCUT2D eigenvalue weighted by atomic mass is 10.4. The zero-order chi connectivity index (χ0) is 15.6. The quantitative estimate of drug-likeness (QED) is 0.682. The maximum Gasteiger partial charge on any atom is 0.356 e. The highest BCUT2D eigenvalue weighted by Crippen LogP contribution is 2.15. The second-order valence-electron chi connectivity index (χ2n) is 4.46. The maximum atomic E-state index is 12.1. The Balaban J connectivity index is 2.01. The molecule has 0 bridgehead atoms. The van der Waals surface area contributed by atoms with Crippen LogP contribution in [-0.2, 0) is 16.6 Å². The van der Waals surface area contributed by atoms with E-state index in [2.05, 4.69) is 19.9 Å². The maximum absolute atomic E-state index is 12.1. The molecule has 0 aromatic carbocycles. The first kappa shape index (κ1) is 15.2. The number of aromatic amines is 1. The molecule has 0 aliphatic heterocycles. The summed E-state index contributed by atoms with van der Waals surface area (Å²) < 4.78 is 28.2. The predicted molar refractivity (Wildman–Crippen MR) is 72.4 cm³/mol. The highest BCUT2D eigenvalue weighted by atomic mass is 32.2. The molecule has 0 aliphatic carbocycles. The Morgan fingerprint density at radius 1 is 1.48 bits per heavy atom. The third kappa shape index (κ3) is 3.28. The van der Waals surface area contributed by atoms with Crippen LogP contribution < -0.4 is 4.72 Å². The molecule has 0 amide bonds. The first-order chi connectivity index (χ1) is 9.81. The molecule has 10 heteroatoms. The summed E-state index contributed by atoms with van der Waals surface area (Å²) in [4.78, 5) is 14.5. The van der Waals surface area contributed by atoms with E-state index in [1.807, 2.05) is 0 Å². The monoisotopic (exact) mass is 313 g/mol. The van der Waals surface area contributed by atoms with Gasteiger partial charge in [-0.25, -0.2) is 22.9 Å². The largest absolute Gasteiger partial charge is 0.476 e. The molecule has 0 atom stereocenters. The summed E-state index contributed by atoms with van der Waals surface area (Å²) in [6.07, 6.45) is 2.68. The number of hydrogen-bond acceptors (Lipinski definition) is 5. The third-order valence-electron chi connectivity index (χ3n) is 2.84. The average molecular weight is 313 g/mol. The van der Waals surface area contributed by atoms with Crippen molar-refractivity contribution in [1.29, 1.82) is 0 Å². The van der Waals surface area contributed by atoms with Gasteiger partial charge in [0.1, 0.15) is 4.90 Å². The van der Waals surface area contributed by atoms with Gasteiger partial charge in [-0.15, -0.1) is 0 Å². The van der Waals surface area contributed by atoms with Crippen LogP contribution in [0.5, 0.6) is 0 Å². The summed E-state index contributed by atoms with van der Waals surface area (Å²) in [6, 6.07) is 0. The summed E-state index contributed by atoms with van der Waals surface area (Å²) >= 11 is 0. The van der Waals surface area contributed by atoms with Crippen LogP contribution in [0.1, 0.15) is 21.9 Å². The Kier molecular flexibility index (Phi) is 4.09. The molecule has 2 heterocycles. The topological polar surface area (TPSA) is 130 Å². The van der Waals surface area contributed by atoms with Crippen molar-refractivity contribution in [3.05, 3.63) is 29.6 Å². The number of H-pyrrole nitrogens is 1. The Bertz CT molecular complexity index is 742. The number of aryl methyl sites for hydroxylation is 2. The van der Waals surface area contributed by atoms with Crippen molar-refractivity contribution in [2.75, 3.05) is 6.54 Å². The van der Waals surface area contributed by atoms with Crippen LogP contribution in [0.15, 0.2) is 17.4 Å². The van der Waals surface area contributed by atoms with Gasteiger partial charge in [-0.1, -0.05) is 0 Å². The second-order valence-corrected chi connectivity index (χ2v) is 6.17. The van der Waals surface area contributed by atoms with Crippen molar-refractivity contribution < 1.29 is 18.3 Å². The molecule has 3 N–H and O–H groups in total. The number of aromatic carboxylic acids is 1. The normalized spacial score (nSPS) is 11.7. The van der Waals surface area contributed by atoms with E-state index in [-0.39, 0.29) is 23.7 Å². The molecule has 114 valence electrons. The highest BCUT2D eigenvalue weighted by molar-refractivity contribution is 7.89. The molecule has 9 nitrogen and oxygen atoms in total. The SMILES string of the molecule is Cc1n[nH]c(C)c1S(=O)(=O)NCCn1cnc(C(=O)O)c1. The van der Waals surface area contributed by atoms with Crippen molar-refractivity contribution in [1.82, 2.24) is 24.5 Å². The predicted octanol–water partition coefficient (Wildman–Crippen LogP) is -0.100. The minimum absolute atomic E-state index is 0.0839. The first-order valence-corrected chi connectivity index (χ1v) is 7.56. The molecule has 0 unspecified atom stereocenters. The van der Waals surface area contributed by atoms with E-state index in [4.69, 9.17) is 5.11 Å². The summed E-state index contributed by atoms with van der Waals surface area (Å²) in [5, 5.41) is 15.2. The van der Waals surface area contributed by atoms with Crippen molar-refractivity contribution in [3.8, 4) is 0 Å². The van der Waals surface area contributed by atoms with E-state index in [9.17, 15) is 13.2 Å². The van der Waals surface area contributed by atoms with Gasteiger partial charge in [0.05, 0.1) is 17.7 Å². The van der Waals surface area contributed by atoms with Crippen molar-refractivity contribution in [2.24, 2.45) is 0 Å². The van der Waals surface area contributed by atoms with Crippen LogP contribution >= 0.6 is 0 Å². The van der Waals surface area contributed by atoms with Crippen molar-refractivity contribution in [2.45, 2.75) is 25.3 Å². The van der Waals surface area contributed by atoms with Gasteiger partial charge in [-0.2, -0.15) is 5.10 Å².